The number of ether oxygens (including phenoxy) is 1. The minimum Gasteiger partial charge on any atom is -0.378 e. The summed E-state index contributed by atoms with van der Waals surface area (Å²) in [6.07, 6.45) is 0. The molecular formula is C9H18N2O2. The Morgan fingerprint density at radius 2 is 2.46 bits per heavy atom. The summed E-state index contributed by atoms with van der Waals surface area (Å²) in [5.74, 6) is 0.164. The van der Waals surface area contributed by atoms with Gasteiger partial charge in [0.1, 0.15) is 0 Å². The molecule has 0 aromatic carbocycles. The van der Waals surface area contributed by atoms with Gasteiger partial charge in [-0.25, -0.2) is 0 Å². The molecule has 13 heavy (non-hydrogen) atoms. The van der Waals surface area contributed by atoms with Crippen molar-refractivity contribution in [1.29, 1.82) is 0 Å². The molecule has 0 aromatic rings. The highest BCUT2D eigenvalue weighted by Gasteiger charge is 2.14. The molecule has 1 fully saturated rings. The van der Waals surface area contributed by atoms with Gasteiger partial charge < -0.3 is 15.4 Å². The molecule has 0 aromatic heterocycles. The lowest BCUT2D eigenvalue weighted by molar-refractivity contribution is -0.124. The van der Waals surface area contributed by atoms with Crippen molar-refractivity contribution in [2.75, 3.05) is 26.3 Å². The van der Waals surface area contributed by atoms with Crippen molar-refractivity contribution in [3.05, 3.63) is 0 Å². The second-order valence-electron chi connectivity index (χ2n) is 3.63. The van der Waals surface area contributed by atoms with Gasteiger partial charge in [0.2, 0.25) is 5.91 Å². The molecule has 0 radical (unpaired) electrons. The maximum atomic E-state index is 11.2. The Morgan fingerprint density at radius 3 is 3.00 bits per heavy atom. The fourth-order valence-electron chi connectivity index (χ4n) is 1.18. The Bertz CT molecular complexity index is 165. The number of rotatable bonds is 3. The lowest BCUT2D eigenvalue weighted by Gasteiger charge is -2.24. The first-order valence-corrected chi connectivity index (χ1v) is 4.79. The molecule has 1 rings (SSSR count). The highest BCUT2D eigenvalue weighted by Crippen LogP contribution is 1.94. The second kappa shape index (κ2) is 5.19. The Morgan fingerprint density at radius 1 is 1.69 bits per heavy atom. The van der Waals surface area contributed by atoms with Gasteiger partial charge in [-0.1, -0.05) is 13.8 Å². The lowest BCUT2D eigenvalue weighted by Crippen LogP contribution is -2.48. The maximum absolute atomic E-state index is 11.2. The van der Waals surface area contributed by atoms with E-state index < -0.39 is 0 Å². The summed E-state index contributed by atoms with van der Waals surface area (Å²) in [6, 6.07) is 0.274. The van der Waals surface area contributed by atoms with Crippen molar-refractivity contribution in [3.63, 3.8) is 0 Å². The van der Waals surface area contributed by atoms with Crippen LogP contribution < -0.4 is 10.6 Å². The van der Waals surface area contributed by atoms with Crippen molar-refractivity contribution in [3.8, 4) is 0 Å². The number of morpholine rings is 1. The van der Waals surface area contributed by atoms with Crippen molar-refractivity contribution in [1.82, 2.24) is 10.6 Å². The Kier molecular flexibility index (Phi) is 4.18. The third kappa shape index (κ3) is 3.74. The number of carbonyl (C=O) groups excluding carboxylic acids is 1. The first-order chi connectivity index (χ1) is 6.20. The third-order valence-electron chi connectivity index (χ3n) is 2.05. The smallest absolute Gasteiger partial charge is 0.222 e. The average Bonchev–Trinajstić information content (AvgIpc) is 2.15. The molecule has 4 nitrogen and oxygen atoms in total. The van der Waals surface area contributed by atoms with Crippen LogP contribution >= 0.6 is 0 Å². The number of hydrogen-bond donors (Lipinski definition) is 2. The lowest BCUT2D eigenvalue weighted by atomic mass is 10.2. The SMILES string of the molecule is CC(C)C(=O)NC[C@H]1COCCN1. The molecule has 1 aliphatic heterocycles. The van der Waals surface area contributed by atoms with E-state index in [1.54, 1.807) is 0 Å². The molecule has 1 aliphatic rings. The van der Waals surface area contributed by atoms with Crippen LogP contribution in [0.2, 0.25) is 0 Å². The molecule has 1 amide bonds. The number of hydrogen-bond acceptors (Lipinski definition) is 3. The van der Waals surface area contributed by atoms with Crippen molar-refractivity contribution < 1.29 is 9.53 Å². The summed E-state index contributed by atoms with van der Waals surface area (Å²) >= 11 is 0. The van der Waals surface area contributed by atoms with Gasteiger partial charge in [0.25, 0.3) is 0 Å². The maximum Gasteiger partial charge on any atom is 0.222 e. The van der Waals surface area contributed by atoms with Crippen LogP contribution in [0, 0.1) is 5.92 Å². The molecule has 1 heterocycles. The molecule has 0 unspecified atom stereocenters. The zero-order chi connectivity index (χ0) is 9.68. The predicted octanol–water partition coefficient (Wildman–Crippen LogP) is -0.253. The van der Waals surface area contributed by atoms with E-state index in [-0.39, 0.29) is 17.9 Å². The highest BCUT2D eigenvalue weighted by molar-refractivity contribution is 5.77. The fourth-order valence-corrected chi connectivity index (χ4v) is 1.18. The number of amides is 1. The average molecular weight is 186 g/mol. The van der Waals surface area contributed by atoms with Crippen molar-refractivity contribution >= 4 is 5.91 Å². The summed E-state index contributed by atoms with van der Waals surface area (Å²) < 4.78 is 5.26. The van der Waals surface area contributed by atoms with Crippen LogP contribution in [0.1, 0.15) is 13.8 Å². The van der Waals surface area contributed by atoms with Crippen molar-refractivity contribution in [2.24, 2.45) is 5.92 Å². The summed E-state index contributed by atoms with van der Waals surface area (Å²) in [7, 11) is 0. The zero-order valence-electron chi connectivity index (χ0n) is 8.30. The van der Waals surface area contributed by atoms with Crippen LogP contribution in [0.4, 0.5) is 0 Å². The van der Waals surface area contributed by atoms with E-state index in [0.717, 1.165) is 13.2 Å². The van der Waals surface area contributed by atoms with Gasteiger partial charge in [-0.3, -0.25) is 4.79 Å². The molecule has 1 saturated heterocycles. The minimum atomic E-state index is 0.0597. The van der Waals surface area contributed by atoms with E-state index in [1.807, 2.05) is 13.8 Å². The quantitative estimate of drug-likeness (QED) is 0.639. The van der Waals surface area contributed by atoms with Gasteiger partial charge in [-0.2, -0.15) is 0 Å². The Labute approximate surface area is 79.0 Å². The van der Waals surface area contributed by atoms with Gasteiger partial charge in [-0.05, 0) is 0 Å². The van der Waals surface area contributed by atoms with Crippen LogP contribution in [-0.2, 0) is 9.53 Å². The van der Waals surface area contributed by atoms with Gasteiger partial charge >= 0.3 is 0 Å². The molecule has 2 N–H and O–H groups in total. The molecule has 1 atom stereocenters. The van der Waals surface area contributed by atoms with Gasteiger partial charge in [0.15, 0.2) is 0 Å². The van der Waals surface area contributed by atoms with Crippen LogP contribution in [0.25, 0.3) is 0 Å². The van der Waals surface area contributed by atoms with Crippen LogP contribution in [0.3, 0.4) is 0 Å². The molecule has 76 valence electrons. The van der Waals surface area contributed by atoms with E-state index in [1.165, 1.54) is 0 Å². The Balaban J connectivity index is 2.13. The van der Waals surface area contributed by atoms with E-state index in [4.69, 9.17) is 4.74 Å². The van der Waals surface area contributed by atoms with Gasteiger partial charge in [-0.15, -0.1) is 0 Å². The van der Waals surface area contributed by atoms with Crippen LogP contribution in [0.5, 0.6) is 0 Å². The normalized spacial score (nSPS) is 23.2. The monoisotopic (exact) mass is 186 g/mol. The molecular weight excluding hydrogens is 168 g/mol. The highest BCUT2D eigenvalue weighted by atomic mass is 16.5. The second-order valence-corrected chi connectivity index (χ2v) is 3.63. The van der Waals surface area contributed by atoms with Crippen LogP contribution in [-0.4, -0.2) is 38.3 Å². The molecule has 0 bridgehead atoms. The van der Waals surface area contributed by atoms with Crippen LogP contribution in [0.15, 0.2) is 0 Å². The standard InChI is InChI=1S/C9H18N2O2/c1-7(2)9(12)11-5-8-6-13-4-3-10-8/h7-8,10H,3-6H2,1-2H3,(H,11,12)/t8-/m0/s1. The summed E-state index contributed by atoms with van der Waals surface area (Å²) in [4.78, 5) is 11.2. The summed E-state index contributed by atoms with van der Waals surface area (Å²) in [6.45, 7) is 6.78. The first kappa shape index (κ1) is 10.5. The largest absolute Gasteiger partial charge is 0.378 e. The zero-order valence-corrected chi connectivity index (χ0v) is 8.30. The third-order valence-corrected chi connectivity index (χ3v) is 2.05. The summed E-state index contributed by atoms with van der Waals surface area (Å²) in [5, 5.41) is 6.14. The van der Waals surface area contributed by atoms with E-state index in [2.05, 4.69) is 10.6 Å². The number of carbonyl (C=O) groups is 1. The molecule has 0 spiro atoms. The van der Waals surface area contributed by atoms with E-state index in [9.17, 15) is 4.79 Å². The summed E-state index contributed by atoms with van der Waals surface area (Å²) in [5.41, 5.74) is 0. The predicted molar refractivity (Wildman–Crippen MR) is 50.5 cm³/mol. The topological polar surface area (TPSA) is 50.4 Å². The molecule has 4 heteroatoms. The minimum absolute atomic E-state index is 0.0597. The Hall–Kier alpha value is -0.610. The van der Waals surface area contributed by atoms with E-state index >= 15 is 0 Å². The van der Waals surface area contributed by atoms with Gasteiger partial charge in [0.05, 0.1) is 13.2 Å². The van der Waals surface area contributed by atoms with Gasteiger partial charge in [0, 0.05) is 25.0 Å². The first-order valence-electron chi connectivity index (χ1n) is 4.79. The fraction of sp³-hybridized carbons (Fsp3) is 0.889. The molecule has 0 saturated carbocycles. The van der Waals surface area contributed by atoms with E-state index in [0.29, 0.717) is 13.2 Å². The number of nitrogens with one attached hydrogen (secondary N) is 2. The van der Waals surface area contributed by atoms with Crippen molar-refractivity contribution in [2.45, 2.75) is 19.9 Å². The molecule has 0 aliphatic carbocycles.